The van der Waals surface area contributed by atoms with Crippen LogP contribution in [0, 0.1) is 29.6 Å². The van der Waals surface area contributed by atoms with Gasteiger partial charge in [0, 0.05) is 22.6 Å². The monoisotopic (exact) mass is 386 g/mol. The van der Waals surface area contributed by atoms with Crippen LogP contribution in [0.5, 0.6) is 0 Å². The molecular formula is C21H26N2O5. The van der Waals surface area contributed by atoms with Crippen LogP contribution in [0.3, 0.4) is 0 Å². The molecule has 1 amide bonds. The maximum Gasteiger partial charge on any atom is 0.330 e. The molecule has 0 fully saturated rings. The highest BCUT2D eigenvalue weighted by molar-refractivity contribution is 5.97. The van der Waals surface area contributed by atoms with E-state index < -0.39 is 29.6 Å². The van der Waals surface area contributed by atoms with Gasteiger partial charge in [0.05, 0.1) is 19.8 Å². The summed E-state index contributed by atoms with van der Waals surface area (Å²) in [7, 11) is 1.23. The highest BCUT2D eigenvalue weighted by Crippen LogP contribution is 2.10. The molecule has 0 aliphatic heterocycles. The topological polar surface area (TPSA) is 122 Å². The molecule has 0 aliphatic carbocycles. The first-order valence-corrected chi connectivity index (χ1v) is 8.68. The number of aliphatic hydroxyl groups is 2. The summed E-state index contributed by atoms with van der Waals surface area (Å²) >= 11 is 0. The molecule has 0 heterocycles. The minimum Gasteiger partial charge on any atom is -0.467 e. The van der Waals surface area contributed by atoms with Crippen molar-refractivity contribution in [2.45, 2.75) is 38.5 Å². The number of nitrogens with two attached hydrogens (primary N) is 1. The number of carbonyl (C=O) groups is 2. The molecule has 7 nitrogen and oxygen atoms in total. The lowest BCUT2D eigenvalue weighted by molar-refractivity contribution is -0.144. The molecule has 0 saturated heterocycles. The van der Waals surface area contributed by atoms with Crippen molar-refractivity contribution >= 4 is 11.9 Å². The number of benzene rings is 1. The van der Waals surface area contributed by atoms with E-state index in [9.17, 15) is 14.7 Å². The van der Waals surface area contributed by atoms with Crippen molar-refractivity contribution in [1.29, 1.82) is 0 Å². The molecule has 28 heavy (non-hydrogen) atoms. The largest absolute Gasteiger partial charge is 0.467 e. The zero-order chi connectivity index (χ0) is 21.3. The van der Waals surface area contributed by atoms with E-state index in [0.717, 1.165) is 0 Å². The molecular weight excluding hydrogens is 360 g/mol. The van der Waals surface area contributed by atoms with Crippen LogP contribution in [0.25, 0.3) is 0 Å². The Balaban J connectivity index is 2.83. The van der Waals surface area contributed by atoms with E-state index >= 15 is 0 Å². The number of esters is 1. The van der Waals surface area contributed by atoms with Gasteiger partial charge >= 0.3 is 5.97 Å². The van der Waals surface area contributed by atoms with Crippen molar-refractivity contribution in [3.05, 3.63) is 35.4 Å². The third-order valence-electron chi connectivity index (χ3n) is 3.94. The zero-order valence-corrected chi connectivity index (χ0v) is 16.4. The third-order valence-corrected chi connectivity index (χ3v) is 3.94. The van der Waals surface area contributed by atoms with Gasteiger partial charge in [0.1, 0.15) is 6.04 Å². The molecule has 1 rings (SSSR count). The highest BCUT2D eigenvalue weighted by atomic mass is 16.5. The molecule has 0 aliphatic rings. The number of carbonyl (C=O) groups excluding carboxylic acids is 2. The van der Waals surface area contributed by atoms with Crippen LogP contribution >= 0.6 is 0 Å². The summed E-state index contributed by atoms with van der Waals surface area (Å²) in [6.45, 7) is 4.57. The first kappa shape index (κ1) is 23.2. The second-order valence-corrected chi connectivity index (χ2v) is 6.89. The minimum absolute atomic E-state index is 0.342. The molecule has 1 aromatic carbocycles. The minimum atomic E-state index is -0.992. The summed E-state index contributed by atoms with van der Waals surface area (Å²) in [6, 6.07) is 5.45. The Labute approximate surface area is 165 Å². The van der Waals surface area contributed by atoms with E-state index in [1.807, 2.05) is 0 Å². The fourth-order valence-electron chi connectivity index (χ4n) is 2.09. The average Bonchev–Trinajstić information content (AvgIpc) is 2.67. The Morgan fingerprint density at radius 3 is 2.36 bits per heavy atom. The van der Waals surface area contributed by atoms with Gasteiger partial charge in [0.25, 0.3) is 5.91 Å². The molecule has 150 valence electrons. The number of ether oxygens (including phenoxy) is 1. The van der Waals surface area contributed by atoms with E-state index in [2.05, 4.69) is 29.0 Å². The van der Waals surface area contributed by atoms with Crippen LogP contribution in [0.15, 0.2) is 24.3 Å². The van der Waals surface area contributed by atoms with E-state index in [0.29, 0.717) is 11.1 Å². The van der Waals surface area contributed by atoms with Gasteiger partial charge in [-0.3, -0.25) is 4.79 Å². The molecule has 2 unspecified atom stereocenters. The van der Waals surface area contributed by atoms with E-state index in [1.165, 1.54) is 7.11 Å². The Hall–Kier alpha value is -2.84. The fourth-order valence-corrected chi connectivity index (χ4v) is 2.09. The molecule has 0 aromatic heterocycles. The fraction of sp³-hybridized carbons (Fsp3) is 0.429. The predicted octanol–water partition coefficient (Wildman–Crippen LogP) is 0.0395. The van der Waals surface area contributed by atoms with Gasteiger partial charge in [-0.1, -0.05) is 11.8 Å². The van der Waals surface area contributed by atoms with Crippen LogP contribution in [0.1, 0.15) is 36.7 Å². The average molecular weight is 386 g/mol. The van der Waals surface area contributed by atoms with Crippen molar-refractivity contribution in [1.82, 2.24) is 5.32 Å². The first-order chi connectivity index (χ1) is 13.1. The standard InChI is InChI=1S/C21H26N2O5/c1-14(17(25)13-24)7-5-6-8-15-9-11-16(12-10-15)19(26)23-18(20(27)28-4)21(2,3)22/h9-12,14,17-18,24-25H,13,22H2,1-4H3,(H,23,26)/t14?,17?,18-/m1/s1. The normalized spacial score (nSPS) is 13.7. The van der Waals surface area contributed by atoms with Crippen molar-refractivity contribution < 1.29 is 24.5 Å². The Bertz CT molecular complexity index is 804. The summed E-state index contributed by atoms with van der Waals surface area (Å²) in [6.07, 6.45) is -0.903. The van der Waals surface area contributed by atoms with Gasteiger partial charge < -0.3 is 26.0 Å². The number of rotatable bonds is 6. The molecule has 0 saturated carbocycles. The molecule has 0 bridgehead atoms. The second kappa shape index (κ2) is 10.5. The lowest BCUT2D eigenvalue weighted by Crippen LogP contribution is -2.59. The van der Waals surface area contributed by atoms with Gasteiger partial charge in [0.2, 0.25) is 0 Å². The number of amides is 1. The van der Waals surface area contributed by atoms with Gasteiger partial charge in [-0.15, -0.1) is 0 Å². The molecule has 3 atom stereocenters. The molecule has 0 radical (unpaired) electrons. The highest BCUT2D eigenvalue weighted by Gasteiger charge is 2.34. The Morgan fingerprint density at radius 2 is 1.86 bits per heavy atom. The van der Waals surface area contributed by atoms with E-state index in [-0.39, 0.29) is 12.5 Å². The molecule has 0 spiro atoms. The van der Waals surface area contributed by atoms with Crippen molar-refractivity contribution in [2.75, 3.05) is 13.7 Å². The summed E-state index contributed by atoms with van der Waals surface area (Å²) in [5.74, 6) is 9.36. The van der Waals surface area contributed by atoms with E-state index in [1.54, 1.807) is 45.0 Å². The molecule has 7 heteroatoms. The summed E-state index contributed by atoms with van der Waals surface area (Å²) in [5, 5.41) is 20.8. The maximum atomic E-state index is 12.4. The number of hydrogen-bond donors (Lipinski definition) is 4. The Morgan fingerprint density at radius 1 is 1.25 bits per heavy atom. The van der Waals surface area contributed by atoms with E-state index in [4.69, 9.17) is 15.6 Å². The van der Waals surface area contributed by atoms with Crippen LogP contribution < -0.4 is 11.1 Å². The lowest BCUT2D eigenvalue weighted by atomic mass is 9.95. The summed E-state index contributed by atoms with van der Waals surface area (Å²) < 4.78 is 4.69. The second-order valence-electron chi connectivity index (χ2n) is 6.89. The quantitative estimate of drug-likeness (QED) is 0.405. The maximum absolute atomic E-state index is 12.4. The van der Waals surface area contributed by atoms with Gasteiger partial charge in [0.15, 0.2) is 0 Å². The van der Waals surface area contributed by atoms with Gasteiger partial charge in [-0.25, -0.2) is 4.79 Å². The number of methoxy groups -OCH3 is 1. The summed E-state index contributed by atoms with van der Waals surface area (Å²) in [5.41, 5.74) is 5.94. The molecule has 5 N–H and O–H groups in total. The lowest BCUT2D eigenvalue weighted by Gasteiger charge is -2.28. The SMILES string of the molecule is COC(=O)[C@@H](NC(=O)c1ccc(C#CC#CC(C)C(O)CO)cc1)C(C)(C)N. The summed E-state index contributed by atoms with van der Waals surface area (Å²) in [4.78, 5) is 24.2. The predicted molar refractivity (Wildman–Crippen MR) is 105 cm³/mol. The number of hydrogen-bond acceptors (Lipinski definition) is 6. The number of nitrogens with one attached hydrogen (secondary N) is 1. The zero-order valence-electron chi connectivity index (χ0n) is 16.4. The smallest absolute Gasteiger partial charge is 0.330 e. The Kier molecular flexibility index (Phi) is 8.69. The molecule has 1 aromatic rings. The van der Waals surface area contributed by atoms with Crippen LogP contribution in [-0.2, 0) is 9.53 Å². The van der Waals surface area contributed by atoms with Crippen LogP contribution in [-0.4, -0.2) is 53.5 Å². The van der Waals surface area contributed by atoms with Crippen molar-refractivity contribution in [3.8, 4) is 23.7 Å². The van der Waals surface area contributed by atoms with Crippen LogP contribution in [0.4, 0.5) is 0 Å². The van der Waals surface area contributed by atoms with Gasteiger partial charge in [-0.05, 0) is 56.9 Å². The number of aliphatic hydroxyl groups excluding tert-OH is 2. The first-order valence-electron chi connectivity index (χ1n) is 8.68. The van der Waals surface area contributed by atoms with Crippen molar-refractivity contribution in [3.63, 3.8) is 0 Å². The van der Waals surface area contributed by atoms with Gasteiger partial charge in [-0.2, -0.15) is 0 Å². The third kappa shape index (κ3) is 7.05. The van der Waals surface area contributed by atoms with Crippen LogP contribution in [0.2, 0.25) is 0 Å². The van der Waals surface area contributed by atoms with Crippen molar-refractivity contribution in [2.24, 2.45) is 11.7 Å².